The second-order valence-electron chi connectivity index (χ2n) is 5.21. The molecule has 1 heterocycles. The molecule has 1 N–H and O–H groups in total. The third-order valence-electron chi connectivity index (χ3n) is 3.62. The number of carbonyl (C=O) groups excluding carboxylic acids is 2. The lowest BCUT2D eigenvalue weighted by molar-refractivity contribution is -0.125. The molecule has 0 spiro atoms. The number of rotatable bonds is 2. The SMILES string of the molecule is Cc1ccc(NC(=O)[C@H]2Cc3ccccc3C(=O)O2)cc1Cl. The van der Waals surface area contributed by atoms with Gasteiger partial charge in [-0.2, -0.15) is 0 Å². The molecule has 1 atom stereocenters. The highest BCUT2D eigenvalue weighted by atomic mass is 35.5. The van der Waals surface area contributed by atoms with E-state index in [1.807, 2.05) is 25.1 Å². The number of cyclic esters (lactones) is 1. The van der Waals surface area contributed by atoms with Gasteiger partial charge in [-0.05, 0) is 36.2 Å². The molecule has 22 heavy (non-hydrogen) atoms. The first-order chi connectivity index (χ1) is 10.5. The van der Waals surface area contributed by atoms with Gasteiger partial charge in [0.1, 0.15) is 0 Å². The molecule has 0 radical (unpaired) electrons. The Balaban J connectivity index is 1.76. The Morgan fingerprint density at radius 3 is 2.82 bits per heavy atom. The molecule has 1 aliphatic rings. The molecule has 2 aromatic carbocycles. The third kappa shape index (κ3) is 2.83. The number of nitrogens with one attached hydrogen (secondary N) is 1. The Bertz CT molecular complexity index is 757. The van der Waals surface area contributed by atoms with Crippen molar-refractivity contribution in [1.29, 1.82) is 0 Å². The molecule has 1 amide bonds. The highest BCUT2D eigenvalue weighted by Gasteiger charge is 2.31. The largest absolute Gasteiger partial charge is 0.448 e. The fourth-order valence-electron chi connectivity index (χ4n) is 2.37. The molecule has 2 aromatic rings. The number of esters is 1. The van der Waals surface area contributed by atoms with Crippen molar-refractivity contribution in [1.82, 2.24) is 0 Å². The molecule has 0 aliphatic carbocycles. The number of ether oxygens (including phenoxy) is 1. The van der Waals surface area contributed by atoms with E-state index >= 15 is 0 Å². The minimum absolute atomic E-state index is 0.359. The summed E-state index contributed by atoms with van der Waals surface area (Å²) in [5.74, 6) is -0.827. The van der Waals surface area contributed by atoms with Gasteiger partial charge in [-0.3, -0.25) is 4.79 Å². The number of hydrogen-bond acceptors (Lipinski definition) is 3. The number of benzene rings is 2. The van der Waals surface area contributed by atoms with Gasteiger partial charge in [0.2, 0.25) is 0 Å². The minimum atomic E-state index is -0.831. The van der Waals surface area contributed by atoms with Crippen LogP contribution in [0.4, 0.5) is 5.69 Å². The Hall–Kier alpha value is -2.33. The second kappa shape index (κ2) is 5.81. The number of anilines is 1. The van der Waals surface area contributed by atoms with Gasteiger partial charge in [-0.25, -0.2) is 4.79 Å². The van der Waals surface area contributed by atoms with Crippen LogP contribution in [0.25, 0.3) is 0 Å². The van der Waals surface area contributed by atoms with Crippen LogP contribution in [0, 0.1) is 6.92 Å². The molecule has 0 saturated carbocycles. The first-order valence-corrected chi connectivity index (χ1v) is 7.28. The lowest BCUT2D eigenvalue weighted by atomic mass is 9.98. The van der Waals surface area contributed by atoms with Gasteiger partial charge in [0.15, 0.2) is 6.10 Å². The Labute approximate surface area is 133 Å². The molecule has 0 saturated heterocycles. The van der Waals surface area contributed by atoms with E-state index in [0.29, 0.717) is 22.7 Å². The lowest BCUT2D eigenvalue weighted by Gasteiger charge is -2.23. The van der Waals surface area contributed by atoms with Crippen molar-refractivity contribution < 1.29 is 14.3 Å². The number of amides is 1. The van der Waals surface area contributed by atoms with Crippen LogP contribution < -0.4 is 5.32 Å². The molecule has 112 valence electrons. The first-order valence-electron chi connectivity index (χ1n) is 6.90. The summed E-state index contributed by atoms with van der Waals surface area (Å²) in [6, 6.07) is 12.4. The van der Waals surface area contributed by atoms with Crippen molar-refractivity contribution in [2.45, 2.75) is 19.4 Å². The van der Waals surface area contributed by atoms with Crippen LogP contribution in [-0.4, -0.2) is 18.0 Å². The van der Waals surface area contributed by atoms with Gasteiger partial charge in [0, 0.05) is 17.1 Å². The molecule has 3 rings (SSSR count). The first kappa shape index (κ1) is 14.6. The van der Waals surface area contributed by atoms with Crippen molar-refractivity contribution in [3.63, 3.8) is 0 Å². The van der Waals surface area contributed by atoms with Crippen LogP contribution in [0.2, 0.25) is 5.02 Å². The van der Waals surface area contributed by atoms with Gasteiger partial charge in [0.05, 0.1) is 5.56 Å². The van der Waals surface area contributed by atoms with E-state index in [0.717, 1.165) is 11.1 Å². The Morgan fingerprint density at radius 2 is 2.05 bits per heavy atom. The highest BCUT2D eigenvalue weighted by Crippen LogP contribution is 2.23. The highest BCUT2D eigenvalue weighted by molar-refractivity contribution is 6.31. The second-order valence-corrected chi connectivity index (χ2v) is 5.62. The van der Waals surface area contributed by atoms with Gasteiger partial charge >= 0.3 is 5.97 Å². The molecule has 0 aromatic heterocycles. The molecule has 4 nitrogen and oxygen atoms in total. The molecule has 0 unspecified atom stereocenters. The topological polar surface area (TPSA) is 55.4 Å². The summed E-state index contributed by atoms with van der Waals surface area (Å²) >= 11 is 6.04. The van der Waals surface area contributed by atoms with Crippen LogP contribution in [0.3, 0.4) is 0 Å². The Morgan fingerprint density at radius 1 is 1.27 bits per heavy atom. The summed E-state index contributed by atoms with van der Waals surface area (Å²) in [6.07, 6.45) is -0.463. The van der Waals surface area contributed by atoms with E-state index in [4.69, 9.17) is 16.3 Å². The maximum absolute atomic E-state index is 12.3. The zero-order valence-corrected chi connectivity index (χ0v) is 12.7. The van der Waals surface area contributed by atoms with Crippen molar-refractivity contribution in [3.05, 3.63) is 64.2 Å². The summed E-state index contributed by atoms with van der Waals surface area (Å²) in [4.78, 5) is 24.2. The van der Waals surface area contributed by atoms with Crippen LogP contribution in [-0.2, 0) is 16.0 Å². The van der Waals surface area contributed by atoms with E-state index in [9.17, 15) is 9.59 Å². The smallest absolute Gasteiger partial charge is 0.339 e. The average molecular weight is 316 g/mol. The van der Waals surface area contributed by atoms with E-state index in [2.05, 4.69) is 5.32 Å². The van der Waals surface area contributed by atoms with Crippen molar-refractivity contribution >= 4 is 29.2 Å². The fourth-order valence-corrected chi connectivity index (χ4v) is 2.55. The predicted molar refractivity (Wildman–Crippen MR) is 84.2 cm³/mol. The summed E-state index contributed by atoms with van der Waals surface area (Å²) in [7, 11) is 0. The van der Waals surface area contributed by atoms with Gasteiger partial charge < -0.3 is 10.1 Å². The van der Waals surface area contributed by atoms with E-state index in [1.54, 1.807) is 24.3 Å². The molecule has 5 heteroatoms. The molecule has 0 bridgehead atoms. The Kier molecular flexibility index (Phi) is 3.86. The van der Waals surface area contributed by atoms with Crippen LogP contribution in [0.5, 0.6) is 0 Å². The van der Waals surface area contributed by atoms with Crippen molar-refractivity contribution in [2.24, 2.45) is 0 Å². The number of carbonyl (C=O) groups is 2. The summed E-state index contributed by atoms with van der Waals surface area (Å²) < 4.78 is 5.22. The zero-order valence-electron chi connectivity index (χ0n) is 11.9. The summed E-state index contributed by atoms with van der Waals surface area (Å²) in [5.41, 5.74) is 2.85. The van der Waals surface area contributed by atoms with Crippen molar-refractivity contribution in [2.75, 3.05) is 5.32 Å². The van der Waals surface area contributed by atoms with Crippen LogP contribution in [0.15, 0.2) is 42.5 Å². The normalized spacial score (nSPS) is 16.6. The van der Waals surface area contributed by atoms with Gasteiger partial charge in [-0.15, -0.1) is 0 Å². The number of hydrogen-bond donors (Lipinski definition) is 1. The fraction of sp³-hybridized carbons (Fsp3) is 0.176. The van der Waals surface area contributed by atoms with Crippen LogP contribution >= 0.6 is 11.6 Å². The standard InChI is InChI=1S/C17H14ClNO3/c1-10-6-7-12(9-14(10)18)19-16(20)15-8-11-4-2-3-5-13(11)17(21)22-15/h2-7,9,15H,8H2,1H3,(H,19,20)/t15-/m1/s1. The molecule has 0 fully saturated rings. The molecule has 1 aliphatic heterocycles. The summed E-state index contributed by atoms with van der Waals surface area (Å²) in [6.45, 7) is 1.88. The number of fused-ring (bicyclic) bond motifs is 1. The monoisotopic (exact) mass is 315 g/mol. The quantitative estimate of drug-likeness (QED) is 0.864. The predicted octanol–water partition coefficient (Wildman–Crippen LogP) is 3.37. The van der Waals surface area contributed by atoms with Crippen molar-refractivity contribution in [3.8, 4) is 0 Å². The summed E-state index contributed by atoms with van der Waals surface area (Å²) in [5, 5.41) is 3.30. The van der Waals surface area contributed by atoms with Gasteiger partial charge in [0.25, 0.3) is 5.91 Å². The number of halogens is 1. The number of aryl methyl sites for hydroxylation is 1. The van der Waals surface area contributed by atoms with E-state index in [-0.39, 0.29) is 5.91 Å². The van der Waals surface area contributed by atoms with E-state index in [1.165, 1.54) is 0 Å². The van der Waals surface area contributed by atoms with E-state index < -0.39 is 12.1 Å². The molecular formula is C17H14ClNO3. The zero-order chi connectivity index (χ0) is 15.7. The minimum Gasteiger partial charge on any atom is -0.448 e. The average Bonchev–Trinajstić information content (AvgIpc) is 2.51. The van der Waals surface area contributed by atoms with Gasteiger partial charge in [-0.1, -0.05) is 35.9 Å². The maximum atomic E-state index is 12.3. The van der Waals surface area contributed by atoms with Crippen LogP contribution in [0.1, 0.15) is 21.5 Å². The lowest BCUT2D eigenvalue weighted by Crippen LogP contribution is -2.37. The maximum Gasteiger partial charge on any atom is 0.339 e. The molecular weight excluding hydrogens is 302 g/mol. The third-order valence-corrected chi connectivity index (χ3v) is 4.03.